The Morgan fingerprint density at radius 2 is 0.976 bits per heavy atom. The van der Waals surface area contributed by atoms with E-state index in [1.54, 1.807) is 0 Å². The second-order valence-corrected chi connectivity index (χ2v) is 10.4. The van der Waals surface area contributed by atoms with E-state index in [2.05, 4.69) is 162 Å². The van der Waals surface area contributed by atoms with Crippen LogP contribution in [0.1, 0.15) is 0 Å². The molecule has 2 heterocycles. The summed E-state index contributed by atoms with van der Waals surface area (Å²) in [4.78, 5) is 5.00. The van der Waals surface area contributed by atoms with Gasteiger partial charge in [0.2, 0.25) is 0 Å². The summed E-state index contributed by atoms with van der Waals surface area (Å²) in [6.45, 7) is 0. The van der Waals surface area contributed by atoms with Crippen LogP contribution in [-0.2, 0) is 0 Å². The van der Waals surface area contributed by atoms with Crippen LogP contribution in [0.15, 0.2) is 158 Å². The number of rotatable bonds is 4. The molecule has 0 unspecified atom stereocenters. The Labute approximate surface area is 238 Å². The molecule has 2 aromatic heterocycles. The van der Waals surface area contributed by atoms with Crippen molar-refractivity contribution in [1.82, 2.24) is 9.38 Å². The molecular formula is C39H26N2. The van der Waals surface area contributed by atoms with Crippen molar-refractivity contribution < 1.29 is 0 Å². The molecule has 8 aromatic rings. The minimum Gasteiger partial charge on any atom is -0.298 e. The summed E-state index contributed by atoms with van der Waals surface area (Å²) in [6, 6.07) is 54.0. The van der Waals surface area contributed by atoms with E-state index in [9.17, 15) is 0 Å². The van der Waals surface area contributed by atoms with Gasteiger partial charge in [-0.2, -0.15) is 0 Å². The summed E-state index contributed by atoms with van der Waals surface area (Å²) in [6.07, 6.45) is 2.26. The first-order chi connectivity index (χ1) is 20.3. The summed E-state index contributed by atoms with van der Waals surface area (Å²) in [7, 11) is 0. The minimum atomic E-state index is 0.988. The van der Waals surface area contributed by atoms with Gasteiger partial charge in [0.15, 0.2) is 0 Å². The fraction of sp³-hybridized carbons (Fsp3) is 0. The third kappa shape index (κ3) is 3.92. The summed E-state index contributed by atoms with van der Waals surface area (Å²) >= 11 is 0. The Morgan fingerprint density at radius 1 is 0.390 bits per heavy atom. The summed E-state index contributed by atoms with van der Waals surface area (Å²) in [5, 5.41) is 2.35. The second-order valence-electron chi connectivity index (χ2n) is 10.4. The van der Waals surface area contributed by atoms with Gasteiger partial charge >= 0.3 is 0 Å². The van der Waals surface area contributed by atoms with Crippen molar-refractivity contribution in [3.8, 4) is 44.5 Å². The van der Waals surface area contributed by atoms with Crippen LogP contribution in [0.3, 0.4) is 0 Å². The molecule has 0 aliphatic heterocycles. The van der Waals surface area contributed by atoms with Gasteiger partial charge in [-0.05, 0) is 62.5 Å². The van der Waals surface area contributed by atoms with Crippen molar-refractivity contribution in [2.24, 2.45) is 0 Å². The second kappa shape index (κ2) is 9.62. The number of imidazole rings is 1. The molecule has 41 heavy (non-hydrogen) atoms. The fourth-order valence-corrected chi connectivity index (χ4v) is 6.10. The van der Waals surface area contributed by atoms with Gasteiger partial charge in [0, 0.05) is 17.1 Å². The Balaban J connectivity index is 1.41. The highest BCUT2D eigenvalue weighted by molar-refractivity contribution is 6.06. The molecule has 0 bridgehead atoms. The quantitative estimate of drug-likeness (QED) is 0.225. The molecule has 2 nitrogen and oxygen atoms in total. The lowest BCUT2D eigenvalue weighted by Gasteiger charge is -2.17. The molecule has 0 aliphatic rings. The standard InChI is InChI=1S/C39H26N2/c1-3-13-27(14-4-1)30-17-7-8-18-31(30)33-24-23-29(25-35(33)28-15-5-2-6-16-28)36-26-41-38-22-12-11-21-37(38)40-39(41)34-20-10-9-19-32(34)36/h1-26H. The molecule has 0 fully saturated rings. The number of para-hydroxylation sites is 2. The van der Waals surface area contributed by atoms with Crippen molar-refractivity contribution in [2.75, 3.05) is 0 Å². The normalized spacial score (nSPS) is 11.4. The van der Waals surface area contributed by atoms with Crippen LogP contribution in [0.2, 0.25) is 0 Å². The van der Waals surface area contributed by atoms with E-state index in [-0.39, 0.29) is 0 Å². The summed E-state index contributed by atoms with van der Waals surface area (Å²) in [5.41, 5.74) is 12.8. The van der Waals surface area contributed by atoms with Crippen LogP contribution in [0, 0.1) is 0 Å². The number of benzene rings is 6. The van der Waals surface area contributed by atoms with Gasteiger partial charge in [-0.25, -0.2) is 4.98 Å². The number of hydrogen-bond acceptors (Lipinski definition) is 1. The summed E-state index contributed by atoms with van der Waals surface area (Å²) < 4.78 is 2.24. The molecule has 0 saturated heterocycles. The number of nitrogens with zero attached hydrogens (tertiary/aromatic N) is 2. The highest BCUT2D eigenvalue weighted by Gasteiger charge is 2.17. The van der Waals surface area contributed by atoms with Crippen LogP contribution >= 0.6 is 0 Å². The van der Waals surface area contributed by atoms with Crippen LogP contribution in [-0.4, -0.2) is 9.38 Å². The summed E-state index contributed by atoms with van der Waals surface area (Å²) in [5.74, 6) is 0. The van der Waals surface area contributed by atoms with Gasteiger partial charge in [-0.1, -0.05) is 133 Å². The SMILES string of the molecule is c1ccc(-c2ccccc2-c2ccc(-c3cn4c5ccccc5nc4c4ccccc34)cc2-c2ccccc2)cc1. The fourth-order valence-electron chi connectivity index (χ4n) is 6.10. The van der Waals surface area contributed by atoms with E-state index in [0.29, 0.717) is 0 Å². The van der Waals surface area contributed by atoms with E-state index in [1.165, 1.54) is 49.9 Å². The van der Waals surface area contributed by atoms with E-state index in [4.69, 9.17) is 4.98 Å². The maximum atomic E-state index is 5.00. The number of hydrogen-bond donors (Lipinski definition) is 0. The average Bonchev–Trinajstić information content (AvgIpc) is 3.44. The lowest BCUT2D eigenvalue weighted by molar-refractivity contribution is 1.25. The predicted octanol–water partition coefficient (Wildman–Crippen LogP) is 10.3. The third-order valence-electron chi connectivity index (χ3n) is 8.03. The highest BCUT2D eigenvalue weighted by Crippen LogP contribution is 2.41. The van der Waals surface area contributed by atoms with Crippen molar-refractivity contribution in [1.29, 1.82) is 0 Å². The van der Waals surface area contributed by atoms with Crippen LogP contribution in [0.4, 0.5) is 0 Å². The largest absolute Gasteiger partial charge is 0.298 e. The molecule has 6 aromatic carbocycles. The number of aromatic nitrogens is 2. The van der Waals surface area contributed by atoms with Crippen molar-refractivity contribution in [3.63, 3.8) is 0 Å². The first kappa shape index (κ1) is 23.4. The van der Waals surface area contributed by atoms with Crippen LogP contribution in [0.5, 0.6) is 0 Å². The number of fused-ring (bicyclic) bond motifs is 5. The number of pyridine rings is 1. The lowest BCUT2D eigenvalue weighted by Crippen LogP contribution is -1.93. The highest BCUT2D eigenvalue weighted by atomic mass is 15.0. The average molecular weight is 523 g/mol. The third-order valence-corrected chi connectivity index (χ3v) is 8.03. The minimum absolute atomic E-state index is 0.988. The van der Waals surface area contributed by atoms with E-state index in [1.807, 2.05) is 0 Å². The molecule has 0 saturated carbocycles. The van der Waals surface area contributed by atoms with Crippen molar-refractivity contribution in [3.05, 3.63) is 158 Å². The first-order valence-electron chi connectivity index (χ1n) is 14.0. The molecule has 0 radical (unpaired) electrons. The Bertz CT molecular complexity index is 2190. The smallest absolute Gasteiger partial charge is 0.145 e. The zero-order valence-corrected chi connectivity index (χ0v) is 22.4. The molecule has 0 atom stereocenters. The van der Waals surface area contributed by atoms with E-state index < -0.39 is 0 Å². The van der Waals surface area contributed by atoms with E-state index >= 15 is 0 Å². The maximum absolute atomic E-state index is 5.00. The maximum Gasteiger partial charge on any atom is 0.145 e. The van der Waals surface area contributed by atoms with Crippen LogP contribution < -0.4 is 0 Å². The van der Waals surface area contributed by atoms with Crippen LogP contribution in [0.25, 0.3) is 72.0 Å². The molecule has 0 N–H and O–H groups in total. The van der Waals surface area contributed by atoms with Crippen molar-refractivity contribution in [2.45, 2.75) is 0 Å². The Morgan fingerprint density at radius 3 is 1.76 bits per heavy atom. The molecule has 2 heteroatoms. The Kier molecular flexibility index (Phi) is 5.49. The topological polar surface area (TPSA) is 17.3 Å². The lowest BCUT2D eigenvalue weighted by atomic mass is 9.87. The zero-order chi connectivity index (χ0) is 27.2. The zero-order valence-electron chi connectivity index (χ0n) is 22.4. The predicted molar refractivity (Wildman–Crippen MR) is 172 cm³/mol. The molecule has 192 valence electrons. The van der Waals surface area contributed by atoms with Crippen molar-refractivity contribution >= 4 is 27.5 Å². The molecular weight excluding hydrogens is 496 g/mol. The van der Waals surface area contributed by atoms with Gasteiger partial charge in [0.25, 0.3) is 0 Å². The van der Waals surface area contributed by atoms with Gasteiger partial charge < -0.3 is 0 Å². The van der Waals surface area contributed by atoms with Gasteiger partial charge in [0.1, 0.15) is 5.65 Å². The molecule has 8 rings (SSSR count). The van der Waals surface area contributed by atoms with Gasteiger partial charge in [-0.3, -0.25) is 4.40 Å². The Hall–Kier alpha value is -5.47. The van der Waals surface area contributed by atoms with Gasteiger partial charge in [-0.15, -0.1) is 0 Å². The monoisotopic (exact) mass is 522 g/mol. The van der Waals surface area contributed by atoms with E-state index in [0.717, 1.165) is 22.1 Å². The molecule has 0 spiro atoms. The first-order valence-corrected chi connectivity index (χ1v) is 14.0. The molecule has 0 aliphatic carbocycles. The molecule has 0 amide bonds. The van der Waals surface area contributed by atoms with Gasteiger partial charge in [0.05, 0.1) is 11.0 Å².